The first-order chi connectivity index (χ1) is 13.3. The zero-order valence-corrected chi connectivity index (χ0v) is 16.2. The Morgan fingerprint density at radius 2 is 0.931 bits per heavy atom. The van der Waals surface area contributed by atoms with Crippen LogP contribution in [0.3, 0.4) is 0 Å². The van der Waals surface area contributed by atoms with Crippen LogP contribution in [0.5, 0.6) is 11.5 Å². The quantitative estimate of drug-likeness (QED) is 0.436. The van der Waals surface area contributed by atoms with Gasteiger partial charge in [-0.2, -0.15) is 0 Å². The Balaban J connectivity index is 0.000000523. The van der Waals surface area contributed by atoms with E-state index in [-0.39, 0.29) is 16.5 Å². The molecule has 0 saturated heterocycles. The Morgan fingerprint density at radius 1 is 0.655 bits per heavy atom. The molecule has 0 heterocycles. The normalized spacial score (nSPS) is 8.90. The van der Waals surface area contributed by atoms with E-state index in [2.05, 4.69) is 10.6 Å². The molecule has 0 saturated carbocycles. The zero-order chi connectivity index (χ0) is 21.1. The topological polar surface area (TPSA) is 157 Å². The first-order valence-electron chi connectivity index (χ1n) is 7.59. The number of carboxylic acids is 2. The molecule has 0 aliphatic heterocycles. The van der Waals surface area contributed by atoms with Crippen molar-refractivity contribution in [3.05, 3.63) is 48.5 Å². The fourth-order valence-electron chi connectivity index (χ4n) is 1.71. The molecule has 0 unspecified atom stereocenters. The van der Waals surface area contributed by atoms with Gasteiger partial charge in [-0.25, -0.2) is 0 Å². The summed E-state index contributed by atoms with van der Waals surface area (Å²) < 4.78 is 9.76. The molecule has 0 bridgehead atoms. The molecule has 2 rings (SSSR count). The van der Waals surface area contributed by atoms with Crippen LogP contribution in [0.25, 0.3) is 0 Å². The fraction of sp³-hybridized carbons (Fsp3) is 0.111. The summed E-state index contributed by atoms with van der Waals surface area (Å²) in [4.78, 5) is 41.5. The van der Waals surface area contributed by atoms with Gasteiger partial charge >= 0.3 is 16.5 Å². The predicted molar refractivity (Wildman–Crippen MR) is 93.3 cm³/mol. The van der Waals surface area contributed by atoms with Crippen molar-refractivity contribution < 1.29 is 55.4 Å². The van der Waals surface area contributed by atoms with Gasteiger partial charge in [-0.1, -0.05) is 0 Å². The molecule has 0 fully saturated rings. The molecule has 2 N–H and O–H groups in total. The van der Waals surface area contributed by atoms with Gasteiger partial charge in [-0.3, -0.25) is 9.59 Å². The number of carboxylic acid groups (broad SMARTS) is 2. The molecule has 0 aliphatic carbocycles. The van der Waals surface area contributed by atoms with E-state index in [1.807, 2.05) is 0 Å². The Hall–Kier alpha value is -3.59. The third-order valence-corrected chi connectivity index (χ3v) is 3.07. The number of aliphatic carboxylic acids is 2. The maximum atomic E-state index is 10.7. The molecular formula is C18H16N2NiO8. The third-order valence-electron chi connectivity index (χ3n) is 3.07. The molecule has 0 radical (unpaired) electrons. The van der Waals surface area contributed by atoms with E-state index in [4.69, 9.17) is 9.47 Å². The number of anilines is 2. The number of benzene rings is 2. The van der Waals surface area contributed by atoms with E-state index >= 15 is 0 Å². The summed E-state index contributed by atoms with van der Waals surface area (Å²) >= 11 is 0. The van der Waals surface area contributed by atoms with Crippen LogP contribution in [0, 0.1) is 0 Å². The average molecular weight is 447 g/mol. The molecule has 156 valence electrons. The molecule has 0 aliphatic rings. The van der Waals surface area contributed by atoms with Gasteiger partial charge in [0.05, 0.1) is 14.2 Å². The average Bonchev–Trinajstić information content (AvgIpc) is 2.69. The maximum absolute atomic E-state index is 10.7. The van der Waals surface area contributed by atoms with Crippen LogP contribution in [0.4, 0.5) is 11.4 Å². The third kappa shape index (κ3) is 9.25. The Morgan fingerprint density at radius 3 is 1.14 bits per heavy atom. The minimum Gasteiger partial charge on any atom is -0.540 e. The summed E-state index contributed by atoms with van der Waals surface area (Å²) in [6, 6.07) is 12.5. The monoisotopic (exact) mass is 446 g/mol. The first-order valence-corrected chi connectivity index (χ1v) is 7.59. The molecule has 2 aromatic rings. The maximum Gasteiger partial charge on any atom is 2.00 e. The summed E-state index contributed by atoms with van der Waals surface area (Å²) in [5, 5.41) is 24.4. The minimum absolute atomic E-state index is 0. The molecule has 2 aromatic carbocycles. The molecule has 29 heavy (non-hydrogen) atoms. The van der Waals surface area contributed by atoms with Crippen LogP contribution < -0.4 is 30.3 Å². The Labute approximate surface area is 175 Å². The number of carbonyl (C=O) groups is 4. The largest absolute Gasteiger partial charge is 2.00 e. The fourth-order valence-corrected chi connectivity index (χ4v) is 1.71. The van der Waals surface area contributed by atoms with Crippen LogP contribution in [-0.2, 0) is 35.7 Å². The summed E-state index contributed by atoms with van der Waals surface area (Å²) in [6.07, 6.45) is 0. The van der Waals surface area contributed by atoms with Gasteiger partial charge in [-0.05, 0) is 48.5 Å². The second-order valence-corrected chi connectivity index (χ2v) is 4.94. The summed E-state index contributed by atoms with van der Waals surface area (Å²) in [5.41, 5.74) is 0.750. The van der Waals surface area contributed by atoms with E-state index < -0.39 is 23.8 Å². The summed E-state index contributed by atoms with van der Waals surface area (Å²) in [6.45, 7) is 0. The van der Waals surface area contributed by atoms with E-state index in [9.17, 15) is 29.4 Å². The SMILES string of the molecule is COc1ccc(NC(=O)C(=O)[O-])cc1.COc1ccc(NC(=O)C(=O)[O-])cc1.[Ni+2]. The van der Waals surface area contributed by atoms with Crippen molar-refractivity contribution >= 4 is 35.1 Å². The van der Waals surface area contributed by atoms with Crippen molar-refractivity contribution in [2.75, 3.05) is 24.9 Å². The van der Waals surface area contributed by atoms with Crippen molar-refractivity contribution in [1.29, 1.82) is 0 Å². The molecule has 0 aromatic heterocycles. The van der Waals surface area contributed by atoms with Gasteiger partial charge in [0, 0.05) is 11.4 Å². The van der Waals surface area contributed by atoms with Gasteiger partial charge < -0.3 is 39.9 Å². The van der Waals surface area contributed by atoms with Gasteiger partial charge in [-0.15, -0.1) is 0 Å². The predicted octanol–water partition coefficient (Wildman–Crippen LogP) is -1.24. The number of methoxy groups -OCH3 is 2. The van der Waals surface area contributed by atoms with E-state index in [0.29, 0.717) is 22.9 Å². The molecule has 0 spiro atoms. The number of rotatable bonds is 4. The van der Waals surface area contributed by atoms with Crippen molar-refractivity contribution in [2.45, 2.75) is 0 Å². The molecule has 2 amide bonds. The van der Waals surface area contributed by atoms with Gasteiger partial charge in [0.1, 0.15) is 23.4 Å². The zero-order valence-electron chi connectivity index (χ0n) is 15.2. The smallest absolute Gasteiger partial charge is 0.540 e. The van der Waals surface area contributed by atoms with Crippen molar-refractivity contribution in [1.82, 2.24) is 0 Å². The summed E-state index contributed by atoms with van der Waals surface area (Å²) in [5.74, 6) is -4.63. The minimum atomic E-state index is -1.76. The number of hydrogen-bond acceptors (Lipinski definition) is 8. The Kier molecular flexibility index (Phi) is 11.2. The number of nitrogens with one attached hydrogen (secondary N) is 2. The number of amides is 2. The van der Waals surface area contributed by atoms with Gasteiger partial charge in [0.25, 0.3) is 11.8 Å². The first kappa shape index (κ1) is 25.4. The summed E-state index contributed by atoms with van der Waals surface area (Å²) in [7, 11) is 3.02. The van der Waals surface area contributed by atoms with Crippen LogP contribution in [0.2, 0.25) is 0 Å². The molecule has 11 heteroatoms. The molecule has 0 atom stereocenters. The van der Waals surface area contributed by atoms with Crippen molar-refractivity contribution in [3.8, 4) is 11.5 Å². The number of carbonyl (C=O) groups excluding carboxylic acids is 4. The van der Waals surface area contributed by atoms with Crippen LogP contribution >= 0.6 is 0 Å². The number of hydrogen-bond donors (Lipinski definition) is 2. The second kappa shape index (κ2) is 12.7. The van der Waals surface area contributed by atoms with Gasteiger partial charge in [0.2, 0.25) is 0 Å². The van der Waals surface area contributed by atoms with Crippen LogP contribution in [-0.4, -0.2) is 38.0 Å². The number of ether oxygens (including phenoxy) is 2. The molecule has 10 nitrogen and oxygen atoms in total. The van der Waals surface area contributed by atoms with E-state index in [1.165, 1.54) is 38.5 Å². The van der Waals surface area contributed by atoms with Crippen molar-refractivity contribution in [2.24, 2.45) is 0 Å². The second-order valence-electron chi connectivity index (χ2n) is 4.94. The van der Waals surface area contributed by atoms with Crippen molar-refractivity contribution in [3.63, 3.8) is 0 Å². The molecular weight excluding hydrogens is 431 g/mol. The van der Waals surface area contributed by atoms with Crippen LogP contribution in [0.1, 0.15) is 0 Å². The van der Waals surface area contributed by atoms with Gasteiger partial charge in [0.15, 0.2) is 0 Å². The van der Waals surface area contributed by atoms with Crippen LogP contribution in [0.15, 0.2) is 48.5 Å². The van der Waals surface area contributed by atoms with E-state index in [1.54, 1.807) is 24.3 Å². The van der Waals surface area contributed by atoms with E-state index in [0.717, 1.165) is 0 Å². The standard InChI is InChI=1S/2C9H9NO4.Ni/c2*1-14-7-4-2-6(3-5-7)10-8(11)9(12)13;/h2*2-5H,1H3,(H,10,11)(H,12,13);/q;;+2/p-2. The Bertz CT molecular complexity index is 766.